The highest BCUT2D eigenvalue weighted by Crippen LogP contribution is 2.17. The van der Waals surface area contributed by atoms with Gasteiger partial charge in [0.1, 0.15) is 0 Å². The molecule has 1 N–H and O–H groups in total. The van der Waals surface area contributed by atoms with Gasteiger partial charge in [-0.1, -0.05) is 54.1 Å². The molecular weight excluding hydrogens is 326 g/mol. The molecule has 0 aliphatic rings. The molecule has 0 spiro atoms. The van der Waals surface area contributed by atoms with Crippen LogP contribution < -0.4 is 5.32 Å². The molecule has 128 valence electrons. The van der Waals surface area contributed by atoms with Crippen molar-refractivity contribution < 1.29 is 4.79 Å². The third-order valence-electron chi connectivity index (χ3n) is 4.15. The van der Waals surface area contributed by atoms with Crippen LogP contribution in [0.25, 0.3) is 22.5 Å². The van der Waals surface area contributed by atoms with Gasteiger partial charge in [0.05, 0.1) is 6.20 Å². The third kappa shape index (κ3) is 3.17. The van der Waals surface area contributed by atoms with Crippen LogP contribution in [-0.2, 0) is 11.3 Å². The number of nitrogens with one attached hydrogen (secondary N) is 1. The Morgan fingerprint density at radius 1 is 1.12 bits per heavy atom. The molecule has 0 atom stereocenters. The summed E-state index contributed by atoms with van der Waals surface area (Å²) in [5.74, 6) is 0.319. The Balaban J connectivity index is 1.50. The molecule has 0 bridgehead atoms. The normalized spacial score (nSPS) is 11.4. The highest BCUT2D eigenvalue weighted by Gasteiger charge is 2.08. The van der Waals surface area contributed by atoms with Crippen molar-refractivity contribution in [2.24, 2.45) is 0 Å². The number of hydrogen-bond donors (Lipinski definition) is 1. The van der Waals surface area contributed by atoms with Gasteiger partial charge in [-0.15, -0.1) is 10.2 Å². The number of carbonyl (C=O) groups excluding carboxylic acids is 1. The van der Waals surface area contributed by atoms with Crippen molar-refractivity contribution in [1.82, 2.24) is 25.1 Å². The molecule has 6 nitrogen and oxygen atoms in total. The largest absolute Gasteiger partial charge is 0.348 e. The summed E-state index contributed by atoms with van der Waals surface area (Å²) < 4.78 is 1.63. The number of aromatic nitrogens is 4. The second kappa shape index (κ2) is 6.76. The number of rotatable bonds is 4. The van der Waals surface area contributed by atoms with Crippen molar-refractivity contribution in [3.63, 3.8) is 0 Å². The second-order valence-corrected chi connectivity index (χ2v) is 6.06. The monoisotopic (exact) mass is 343 g/mol. The molecule has 2 aromatic heterocycles. The Morgan fingerprint density at radius 3 is 2.77 bits per heavy atom. The summed E-state index contributed by atoms with van der Waals surface area (Å²) in [5, 5.41) is 17.5. The highest BCUT2D eigenvalue weighted by molar-refractivity contribution is 5.94. The van der Waals surface area contributed by atoms with Crippen LogP contribution in [0.3, 0.4) is 0 Å². The summed E-state index contributed by atoms with van der Waals surface area (Å²) in [6, 6.07) is 15.9. The van der Waals surface area contributed by atoms with Crippen molar-refractivity contribution in [2.75, 3.05) is 0 Å². The smallest absolute Gasteiger partial charge is 0.244 e. The molecule has 0 radical (unpaired) electrons. The second-order valence-electron chi connectivity index (χ2n) is 6.06. The summed E-state index contributed by atoms with van der Waals surface area (Å²) in [6.45, 7) is 2.51. The van der Waals surface area contributed by atoms with E-state index >= 15 is 0 Å². The van der Waals surface area contributed by atoms with E-state index < -0.39 is 0 Å². The zero-order valence-corrected chi connectivity index (χ0v) is 14.3. The molecule has 1 amide bonds. The Labute approximate surface area is 150 Å². The van der Waals surface area contributed by atoms with Gasteiger partial charge >= 0.3 is 0 Å². The van der Waals surface area contributed by atoms with Gasteiger partial charge in [0.25, 0.3) is 0 Å². The lowest BCUT2D eigenvalue weighted by molar-refractivity contribution is -0.116. The number of aryl methyl sites for hydroxylation is 1. The molecular formula is C20H17N5O. The zero-order chi connectivity index (χ0) is 17.9. The Morgan fingerprint density at radius 2 is 1.92 bits per heavy atom. The van der Waals surface area contributed by atoms with E-state index in [1.54, 1.807) is 16.8 Å². The lowest BCUT2D eigenvalue weighted by atomic mass is 10.1. The first-order valence-corrected chi connectivity index (χ1v) is 8.31. The maximum Gasteiger partial charge on any atom is 0.244 e. The van der Waals surface area contributed by atoms with Crippen molar-refractivity contribution >= 4 is 28.4 Å². The van der Waals surface area contributed by atoms with Gasteiger partial charge in [-0.05, 0) is 18.6 Å². The lowest BCUT2D eigenvalue weighted by Crippen LogP contribution is -2.20. The van der Waals surface area contributed by atoms with E-state index in [4.69, 9.17) is 0 Å². The Hall–Kier alpha value is -3.54. The van der Waals surface area contributed by atoms with Gasteiger partial charge in [-0.2, -0.15) is 9.61 Å². The summed E-state index contributed by atoms with van der Waals surface area (Å²) in [6.07, 6.45) is 4.83. The van der Waals surface area contributed by atoms with Crippen LogP contribution in [-0.4, -0.2) is 25.7 Å². The molecule has 4 rings (SSSR count). The molecule has 0 saturated carbocycles. The minimum Gasteiger partial charge on any atom is -0.348 e. The molecule has 0 fully saturated rings. The average Bonchev–Trinajstić information content (AvgIpc) is 3.09. The predicted octanol–water partition coefficient (Wildman–Crippen LogP) is 2.92. The third-order valence-corrected chi connectivity index (χ3v) is 4.15. The van der Waals surface area contributed by atoms with Gasteiger partial charge in [0.15, 0.2) is 11.5 Å². The Bertz CT molecular complexity index is 1110. The van der Waals surface area contributed by atoms with E-state index in [0.717, 1.165) is 16.3 Å². The quantitative estimate of drug-likeness (QED) is 0.578. The van der Waals surface area contributed by atoms with Crippen LogP contribution in [0.4, 0.5) is 0 Å². The van der Waals surface area contributed by atoms with Crippen molar-refractivity contribution in [3.05, 3.63) is 77.8 Å². The minimum atomic E-state index is -0.192. The summed E-state index contributed by atoms with van der Waals surface area (Å²) in [7, 11) is 0. The molecule has 0 unspecified atom stereocenters. The van der Waals surface area contributed by atoms with Crippen molar-refractivity contribution in [1.29, 1.82) is 0 Å². The van der Waals surface area contributed by atoms with Crippen LogP contribution in [0.2, 0.25) is 0 Å². The van der Waals surface area contributed by atoms with E-state index in [0.29, 0.717) is 18.0 Å². The fourth-order valence-corrected chi connectivity index (χ4v) is 2.71. The number of amides is 1. The number of benzene rings is 2. The fourth-order valence-electron chi connectivity index (χ4n) is 2.71. The van der Waals surface area contributed by atoms with E-state index in [1.807, 2.05) is 55.5 Å². The van der Waals surface area contributed by atoms with E-state index in [-0.39, 0.29) is 5.91 Å². The molecule has 2 aromatic carbocycles. The van der Waals surface area contributed by atoms with Gasteiger partial charge < -0.3 is 5.32 Å². The van der Waals surface area contributed by atoms with Crippen LogP contribution in [0.5, 0.6) is 0 Å². The summed E-state index contributed by atoms with van der Waals surface area (Å²) in [5.41, 5.74) is 2.92. The first-order chi connectivity index (χ1) is 12.7. The maximum atomic E-state index is 12.1. The van der Waals surface area contributed by atoms with Crippen LogP contribution in [0.15, 0.2) is 60.8 Å². The van der Waals surface area contributed by atoms with Crippen molar-refractivity contribution in [2.45, 2.75) is 13.5 Å². The maximum absolute atomic E-state index is 12.1. The standard InChI is InChI=1S/C20H17N5O/c1-14-6-8-15(9-7-14)12-21-19(26)11-10-18-23-24-20-17-5-3-2-4-16(17)13-22-25(18)20/h2-11,13H,12H2,1H3,(H,21,26)/b11-10+. The van der Waals surface area contributed by atoms with E-state index in [9.17, 15) is 4.79 Å². The van der Waals surface area contributed by atoms with Gasteiger partial charge in [0, 0.05) is 23.4 Å². The van der Waals surface area contributed by atoms with Crippen LogP contribution in [0.1, 0.15) is 17.0 Å². The van der Waals surface area contributed by atoms with E-state index in [1.165, 1.54) is 11.6 Å². The molecule has 0 saturated heterocycles. The van der Waals surface area contributed by atoms with Crippen LogP contribution in [0, 0.1) is 6.92 Å². The average molecular weight is 343 g/mol. The first-order valence-electron chi connectivity index (χ1n) is 8.31. The topological polar surface area (TPSA) is 72.2 Å². The van der Waals surface area contributed by atoms with Crippen molar-refractivity contribution in [3.8, 4) is 0 Å². The Kier molecular flexibility index (Phi) is 4.15. The first kappa shape index (κ1) is 16.0. The fraction of sp³-hybridized carbons (Fsp3) is 0.100. The number of carbonyl (C=O) groups is 1. The summed E-state index contributed by atoms with van der Waals surface area (Å²) >= 11 is 0. The van der Waals surface area contributed by atoms with Crippen LogP contribution >= 0.6 is 0 Å². The SMILES string of the molecule is Cc1ccc(CNC(=O)/C=C/c2nnc3c4ccccc4cnn23)cc1. The van der Waals surface area contributed by atoms with Gasteiger partial charge in [0.2, 0.25) is 5.91 Å². The van der Waals surface area contributed by atoms with E-state index in [2.05, 4.69) is 20.6 Å². The number of nitrogens with zero attached hydrogens (tertiary/aromatic N) is 4. The molecule has 26 heavy (non-hydrogen) atoms. The van der Waals surface area contributed by atoms with Gasteiger partial charge in [-0.25, -0.2) is 0 Å². The lowest BCUT2D eigenvalue weighted by Gasteiger charge is -2.03. The summed E-state index contributed by atoms with van der Waals surface area (Å²) in [4.78, 5) is 12.1. The highest BCUT2D eigenvalue weighted by atomic mass is 16.1. The molecule has 6 heteroatoms. The zero-order valence-electron chi connectivity index (χ0n) is 14.3. The molecule has 2 heterocycles. The molecule has 0 aliphatic carbocycles. The van der Waals surface area contributed by atoms with Gasteiger partial charge in [-0.3, -0.25) is 4.79 Å². The molecule has 0 aliphatic heterocycles. The molecule has 4 aromatic rings. The number of fused-ring (bicyclic) bond motifs is 3. The number of hydrogen-bond acceptors (Lipinski definition) is 4. The minimum absolute atomic E-state index is 0.192. The predicted molar refractivity (Wildman–Crippen MR) is 100 cm³/mol.